The largest absolute Gasteiger partial charge is 0.496 e. The van der Waals surface area contributed by atoms with E-state index in [4.69, 9.17) is 14.2 Å². The van der Waals surface area contributed by atoms with Gasteiger partial charge in [0.1, 0.15) is 17.2 Å². The molecule has 0 atom stereocenters. The molecule has 18 heteroatoms. The van der Waals surface area contributed by atoms with Crippen LogP contribution in [0, 0.1) is 13.8 Å². The second-order valence-electron chi connectivity index (χ2n) is 14.1. The lowest BCUT2D eigenvalue weighted by atomic mass is 10.1. The van der Waals surface area contributed by atoms with Gasteiger partial charge < -0.3 is 28.3 Å². The van der Waals surface area contributed by atoms with E-state index in [-0.39, 0.29) is 22.3 Å². The summed E-state index contributed by atoms with van der Waals surface area (Å²) in [6.45, 7) is 4.89. The SMILES string of the molecule is COc1ccnc(Oc2ccc3c(c2)c(=O)ncn3Cc2ccc(C)cc2)c1C(F)(F)F.Cc1ccc(Cn2cnc(=O)c3cc(Oc4[nH]ccc(=O)c4C(F)(F)F)ccc32)cc1. The van der Waals surface area contributed by atoms with Crippen LogP contribution in [-0.4, -0.2) is 36.2 Å². The third-order valence-corrected chi connectivity index (χ3v) is 9.61. The summed E-state index contributed by atoms with van der Waals surface area (Å²) in [5.41, 5.74) is 0.519. The number of nitrogens with one attached hydrogen (secondary N) is 1. The topological polar surface area (TPSA) is 143 Å². The second kappa shape index (κ2) is 17.7. The summed E-state index contributed by atoms with van der Waals surface area (Å²) in [7, 11) is 1.13. The fourth-order valence-electron chi connectivity index (χ4n) is 6.51. The second-order valence-corrected chi connectivity index (χ2v) is 14.1. The number of benzene rings is 4. The number of pyridine rings is 2. The zero-order chi connectivity index (χ0) is 45.1. The number of hydrogen-bond acceptors (Lipinski definition) is 9. The van der Waals surface area contributed by atoms with Crippen LogP contribution < -0.4 is 30.8 Å². The highest BCUT2D eigenvalue weighted by Crippen LogP contribution is 2.43. The number of nitrogens with zero attached hydrogens (tertiary/aromatic N) is 5. The smallest absolute Gasteiger partial charge is 0.425 e. The van der Waals surface area contributed by atoms with E-state index in [1.807, 2.05) is 62.4 Å². The van der Waals surface area contributed by atoms with Crippen molar-refractivity contribution in [1.82, 2.24) is 29.1 Å². The van der Waals surface area contributed by atoms with E-state index in [1.54, 1.807) is 21.3 Å². The molecule has 0 aliphatic rings. The van der Waals surface area contributed by atoms with Gasteiger partial charge in [-0.25, -0.2) is 4.98 Å². The number of methoxy groups -OCH3 is 1. The van der Waals surface area contributed by atoms with Crippen molar-refractivity contribution in [2.24, 2.45) is 0 Å². The minimum atomic E-state index is -4.90. The highest BCUT2D eigenvalue weighted by atomic mass is 19.4. The molecule has 0 spiro atoms. The van der Waals surface area contributed by atoms with Gasteiger partial charge >= 0.3 is 12.4 Å². The number of hydrogen-bond donors (Lipinski definition) is 1. The standard InChI is InChI=1S/C23H18F3N3O3.C22H16F3N3O3/c1-14-3-5-15(6-4-14)12-29-13-28-21(30)17-11-16(7-8-18(17)29)32-22-20(23(24,25)26)19(31-2)9-10-27-22;1-13-2-4-14(5-3-13)11-28-12-27-20(30)16-10-15(6-7-17(16)28)31-21-19(22(23,24)25)18(29)8-9-26-21/h3-11,13H,12H2,1-2H3;2-10,12H,11H2,1H3,(H,26,29). The van der Waals surface area contributed by atoms with Crippen LogP contribution in [-0.2, 0) is 25.4 Å². The van der Waals surface area contributed by atoms with Crippen molar-refractivity contribution in [2.75, 3.05) is 7.11 Å². The number of rotatable bonds is 9. The van der Waals surface area contributed by atoms with Crippen LogP contribution in [0.25, 0.3) is 21.8 Å². The summed E-state index contributed by atoms with van der Waals surface area (Å²) in [6.07, 6.45) is -4.57. The van der Waals surface area contributed by atoms with Gasteiger partial charge in [-0.2, -0.15) is 36.3 Å². The Bertz CT molecular complexity index is 3130. The summed E-state index contributed by atoms with van der Waals surface area (Å²) in [5, 5.41) is 0.396. The molecule has 0 saturated carbocycles. The van der Waals surface area contributed by atoms with E-state index in [0.29, 0.717) is 24.1 Å². The van der Waals surface area contributed by atoms with E-state index in [9.17, 15) is 40.7 Å². The third-order valence-electron chi connectivity index (χ3n) is 9.61. The lowest BCUT2D eigenvalue weighted by Crippen LogP contribution is -2.20. The average molecular weight is 869 g/mol. The first-order valence-corrected chi connectivity index (χ1v) is 18.8. The van der Waals surface area contributed by atoms with Crippen molar-refractivity contribution in [2.45, 2.75) is 39.3 Å². The molecular weight excluding hydrogens is 835 g/mol. The van der Waals surface area contributed by atoms with E-state index < -0.39 is 57.5 Å². The maximum Gasteiger partial charge on any atom is 0.425 e. The van der Waals surface area contributed by atoms with Crippen LogP contribution in [0.5, 0.6) is 29.0 Å². The van der Waals surface area contributed by atoms with Crippen LogP contribution in [0.2, 0.25) is 0 Å². The highest BCUT2D eigenvalue weighted by molar-refractivity contribution is 5.80. The minimum absolute atomic E-state index is 0.0238. The summed E-state index contributed by atoms with van der Waals surface area (Å²) >= 11 is 0. The molecule has 0 fully saturated rings. The molecular formula is C45H34F6N6O6. The number of halogens is 6. The molecule has 63 heavy (non-hydrogen) atoms. The quantitative estimate of drug-likeness (QED) is 0.141. The van der Waals surface area contributed by atoms with Gasteiger partial charge in [0.25, 0.3) is 11.1 Å². The number of aromatic nitrogens is 6. The third kappa shape index (κ3) is 9.91. The molecule has 0 amide bonds. The molecule has 0 aliphatic heterocycles. The molecule has 8 rings (SSSR count). The van der Waals surface area contributed by atoms with Crippen molar-refractivity contribution < 1.29 is 40.6 Å². The van der Waals surface area contributed by atoms with Crippen LogP contribution in [0.15, 0.2) is 136 Å². The summed E-state index contributed by atoms with van der Waals surface area (Å²) < 4.78 is 99.5. The Morgan fingerprint density at radius 3 is 1.57 bits per heavy atom. The molecule has 322 valence electrons. The van der Waals surface area contributed by atoms with Gasteiger partial charge in [-0.1, -0.05) is 59.7 Å². The zero-order valence-electron chi connectivity index (χ0n) is 33.4. The maximum absolute atomic E-state index is 13.5. The maximum atomic E-state index is 13.5. The van der Waals surface area contributed by atoms with E-state index in [0.717, 1.165) is 53.9 Å². The summed E-state index contributed by atoms with van der Waals surface area (Å²) in [4.78, 5) is 50.1. The first-order chi connectivity index (χ1) is 30.0. The first kappa shape index (κ1) is 43.3. The fraction of sp³-hybridized carbons (Fsp3) is 0.156. The molecule has 0 aliphatic carbocycles. The van der Waals surface area contributed by atoms with Gasteiger partial charge in [0.05, 0.1) is 41.6 Å². The number of aryl methyl sites for hydroxylation is 2. The van der Waals surface area contributed by atoms with Gasteiger partial charge in [0.2, 0.25) is 11.8 Å². The van der Waals surface area contributed by atoms with Crippen LogP contribution in [0.4, 0.5) is 26.3 Å². The lowest BCUT2D eigenvalue weighted by molar-refractivity contribution is -0.140. The van der Waals surface area contributed by atoms with Crippen molar-refractivity contribution in [3.8, 4) is 29.0 Å². The van der Waals surface area contributed by atoms with Gasteiger partial charge in [0, 0.05) is 31.5 Å². The van der Waals surface area contributed by atoms with E-state index in [2.05, 4.69) is 19.9 Å². The molecule has 4 heterocycles. The van der Waals surface area contributed by atoms with Gasteiger partial charge in [-0.15, -0.1) is 0 Å². The molecule has 1 N–H and O–H groups in total. The Kier molecular flexibility index (Phi) is 12.2. The van der Waals surface area contributed by atoms with Gasteiger partial charge in [0.15, 0.2) is 16.6 Å². The molecule has 0 bridgehead atoms. The predicted molar refractivity (Wildman–Crippen MR) is 221 cm³/mol. The molecule has 4 aromatic heterocycles. The Morgan fingerprint density at radius 1 is 0.603 bits per heavy atom. The van der Waals surface area contributed by atoms with Crippen LogP contribution in [0.3, 0.4) is 0 Å². The molecule has 0 unspecified atom stereocenters. The number of fused-ring (bicyclic) bond motifs is 2. The minimum Gasteiger partial charge on any atom is -0.496 e. The number of alkyl halides is 6. The van der Waals surface area contributed by atoms with E-state index in [1.165, 1.54) is 36.9 Å². The number of aromatic amines is 1. The lowest BCUT2D eigenvalue weighted by Gasteiger charge is -2.16. The monoisotopic (exact) mass is 868 g/mol. The Labute approximate surface area is 352 Å². The van der Waals surface area contributed by atoms with Crippen LogP contribution >= 0.6 is 0 Å². The van der Waals surface area contributed by atoms with Gasteiger partial charge in [-0.3, -0.25) is 14.4 Å². The number of ether oxygens (including phenoxy) is 3. The van der Waals surface area contributed by atoms with Crippen LogP contribution in [0.1, 0.15) is 33.4 Å². The predicted octanol–water partition coefficient (Wildman–Crippen LogP) is 9.22. The van der Waals surface area contributed by atoms with Crippen molar-refractivity contribution in [1.29, 1.82) is 0 Å². The zero-order valence-corrected chi connectivity index (χ0v) is 33.4. The number of H-pyrrole nitrogens is 1. The van der Waals surface area contributed by atoms with Gasteiger partial charge in [-0.05, 0) is 67.4 Å². The molecule has 0 saturated heterocycles. The molecule has 0 radical (unpaired) electrons. The molecule has 4 aromatic carbocycles. The molecule has 12 nitrogen and oxygen atoms in total. The summed E-state index contributed by atoms with van der Waals surface area (Å²) in [5.74, 6) is -1.84. The summed E-state index contributed by atoms with van der Waals surface area (Å²) in [6, 6.07) is 26.4. The normalized spacial score (nSPS) is 11.6. The average Bonchev–Trinajstić information content (AvgIpc) is 3.24. The Hall–Kier alpha value is -7.76. The molecule has 8 aromatic rings. The first-order valence-electron chi connectivity index (χ1n) is 18.8. The van der Waals surface area contributed by atoms with Crippen molar-refractivity contribution in [3.63, 3.8) is 0 Å². The van der Waals surface area contributed by atoms with E-state index >= 15 is 0 Å². The Morgan fingerprint density at radius 2 is 1.10 bits per heavy atom. The Balaban J connectivity index is 0.000000189. The fourth-order valence-corrected chi connectivity index (χ4v) is 6.51. The highest BCUT2D eigenvalue weighted by Gasteiger charge is 2.40. The van der Waals surface area contributed by atoms with Crippen molar-refractivity contribution in [3.05, 3.63) is 186 Å². The van der Waals surface area contributed by atoms with Crippen molar-refractivity contribution >= 4 is 21.8 Å².